The van der Waals surface area contributed by atoms with Gasteiger partial charge in [-0.05, 0) is 19.4 Å². The largest absolute Gasteiger partial charge is 0.401 e. The van der Waals surface area contributed by atoms with Crippen molar-refractivity contribution in [2.24, 2.45) is 0 Å². The Morgan fingerprint density at radius 1 is 1.08 bits per heavy atom. The Balaban J connectivity index is 3.01. The summed E-state index contributed by atoms with van der Waals surface area (Å²) in [4.78, 5) is 0. The lowest BCUT2D eigenvalue weighted by Gasteiger charge is -2.07. The summed E-state index contributed by atoms with van der Waals surface area (Å²) in [5.41, 5.74) is 0. The van der Waals surface area contributed by atoms with E-state index in [9.17, 15) is 13.2 Å². The third-order valence-corrected chi connectivity index (χ3v) is 1.58. The molecule has 0 unspecified atom stereocenters. The van der Waals surface area contributed by atoms with E-state index < -0.39 is 12.7 Å². The van der Waals surface area contributed by atoms with Gasteiger partial charge in [0.25, 0.3) is 0 Å². The molecule has 0 saturated heterocycles. The number of alkyl halides is 4. The summed E-state index contributed by atoms with van der Waals surface area (Å²) in [6.45, 7) is -0.482. The summed E-state index contributed by atoms with van der Waals surface area (Å²) in [6.07, 6.45) is -1.58. The van der Waals surface area contributed by atoms with Crippen molar-refractivity contribution in [1.82, 2.24) is 5.32 Å². The third-order valence-electron chi connectivity index (χ3n) is 1.31. The van der Waals surface area contributed by atoms with Gasteiger partial charge >= 0.3 is 6.18 Å². The molecule has 0 radical (unpaired) electrons. The van der Waals surface area contributed by atoms with Gasteiger partial charge in [-0.2, -0.15) is 13.2 Å². The summed E-state index contributed by atoms with van der Waals surface area (Å²) >= 11 is 5.39. The zero-order valence-corrected chi connectivity index (χ0v) is 7.51. The van der Waals surface area contributed by atoms with Crippen LogP contribution in [0.3, 0.4) is 0 Å². The molecule has 0 aromatic carbocycles. The lowest BCUT2D eigenvalue weighted by molar-refractivity contribution is -0.124. The van der Waals surface area contributed by atoms with Crippen LogP contribution < -0.4 is 5.32 Å². The molecule has 0 amide bonds. The summed E-state index contributed by atoms with van der Waals surface area (Å²) < 4.78 is 34.6. The summed E-state index contributed by atoms with van der Waals surface area (Å²) in [6, 6.07) is 0. The molecule has 0 aliphatic heterocycles. The molecule has 0 aromatic heterocycles. The summed E-state index contributed by atoms with van der Waals surface area (Å²) in [5.74, 6) is 0.583. The Kier molecular flexibility index (Phi) is 6.57. The minimum atomic E-state index is -4.09. The summed E-state index contributed by atoms with van der Waals surface area (Å²) in [5, 5.41) is 2.32. The smallest absolute Gasteiger partial charge is 0.309 e. The lowest BCUT2D eigenvalue weighted by atomic mass is 10.2. The molecular formula is C7H13ClF3N. The fourth-order valence-electron chi connectivity index (χ4n) is 0.751. The van der Waals surface area contributed by atoms with Crippen LogP contribution in [0.2, 0.25) is 0 Å². The van der Waals surface area contributed by atoms with Crippen LogP contribution >= 0.6 is 11.6 Å². The van der Waals surface area contributed by atoms with Gasteiger partial charge in [0.15, 0.2) is 0 Å². The third kappa shape index (κ3) is 10.0. The zero-order chi connectivity index (χ0) is 9.45. The SMILES string of the molecule is FC(F)(F)CNCCCCCCl. The van der Waals surface area contributed by atoms with E-state index in [2.05, 4.69) is 5.32 Å². The van der Waals surface area contributed by atoms with Crippen LogP contribution in [0.1, 0.15) is 19.3 Å². The van der Waals surface area contributed by atoms with Crippen LogP contribution in [0.25, 0.3) is 0 Å². The highest BCUT2D eigenvalue weighted by molar-refractivity contribution is 6.17. The number of hydrogen-bond acceptors (Lipinski definition) is 1. The monoisotopic (exact) mass is 203 g/mol. The van der Waals surface area contributed by atoms with Crippen LogP contribution in [-0.2, 0) is 0 Å². The molecule has 0 fully saturated rings. The number of rotatable bonds is 6. The highest BCUT2D eigenvalue weighted by Crippen LogP contribution is 2.12. The second-order valence-corrected chi connectivity index (χ2v) is 2.92. The molecule has 0 atom stereocenters. The van der Waals surface area contributed by atoms with Crippen LogP contribution in [0.15, 0.2) is 0 Å². The topological polar surface area (TPSA) is 12.0 Å². The molecule has 0 aliphatic carbocycles. The first kappa shape index (κ1) is 12.0. The van der Waals surface area contributed by atoms with Gasteiger partial charge in [0, 0.05) is 5.88 Å². The average Bonchev–Trinajstić information content (AvgIpc) is 1.94. The highest BCUT2D eigenvalue weighted by atomic mass is 35.5. The quantitative estimate of drug-likeness (QED) is 0.517. The maximum absolute atomic E-state index is 11.5. The lowest BCUT2D eigenvalue weighted by Crippen LogP contribution is -2.29. The molecule has 0 rings (SSSR count). The first-order chi connectivity index (χ1) is 5.56. The molecule has 0 bridgehead atoms. The van der Waals surface area contributed by atoms with Crippen molar-refractivity contribution in [3.63, 3.8) is 0 Å². The molecule has 0 aromatic rings. The predicted molar refractivity (Wildman–Crippen MR) is 43.5 cm³/mol. The van der Waals surface area contributed by atoms with E-state index in [1.54, 1.807) is 0 Å². The number of hydrogen-bond donors (Lipinski definition) is 1. The van der Waals surface area contributed by atoms with E-state index in [1.807, 2.05) is 0 Å². The van der Waals surface area contributed by atoms with Gasteiger partial charge in [-0.1, -0.05) is 6.42 Å². The predicted octanol–water partition coefficient (Wildman–Crippen LogP) is 2.55. The molecule has 1 nitrogen and oxygen atoms in total. The number of unbranched alkanes of at least 4 members (excludes halogenated alkanes) is 2. The van der Waals surface area contributed by atoms with Gasteiger partial charge in [-0.25, -0.2) is 0 Å². The second kappa shape index (κ2) is 6.54. The number of nitrogens with one attached hydrogen (secondary N) is 1. The molecule has 74 valence electrons. The Morgan fingerprint density at radius 2 is 1.75 bits per heavy atom. The van der Waals surface area contributed by atoms with Gasteiger partial charge in [-0.15, -0.1) is 11.6 Å². The van der Waals surface area contributed by atoms with E-state index in [0.717, 1.165) is 19.3 Å². The van der Waals surface area contributed by atoms with Crippen LogP contribution in [0.4, 0.5) is 13.2 Å². The van der Waals surface area contributed by atoms with Crippen LogP contribution in [0.5, 0.6) is 0 Å². The van der Waals surface area contributed by atoms with Crippen LogP contribution in [0, 0.1) is 0 Å². The highest BCUT2D eigenvalue weighted by Gasteiger charge is 2.25. The van der Waals surface area contributed by atoms with Crippen molar-refractivity contribution in [3.8, 4) is 0 Å². The average molecular weight is 204 g/mol. The molecule has 5 heteroatoms. The Bertz CT molecular complexity index is 105. The first-order valence-electron chi connectivity index (χ1n) is 3.89. The fraction of sp³-hybridized carbons (Fsp3) is 1.00. The van der Waals surface area contributed by atoms with E-state index in [4.69, 9.17) is 11.6 Å². The maximum Gasteiger partial charge on any atom is 0.401 e. The molecule has 1 N–H and O–H groups in total. The molecule has 0 spiro atoms. The Hall–Kier alpha value is 0.0400. The van der Waals surface area contributed by atoms with Crippen molar-refractivity contribution < 1.29 is 13.2 Å². The number of halogens is 4. The molecule has 12 heavy (non-hydrogen) atoms. The fourth-order valence-corrected chi connectivity index (χ4v) is 0.940. The standard InChI is InChI=1S/C7H13ClF3N/c8-4-2-1-3-5-12-6-7(9,10)11/h12H,1-6H2. The maximum atomic E-state index is 11.5. The second-order valence-electron chi connectivity index (χ2n) is 2.54. The Morgan fingerprint density at radius 3 is 2.25 bits per heavy atom. The van der Waals surface area contributed by atoms with Crippen molar-refractivity contribution in [1.29, 1.82) is 0 Å². The minimum Gasteiger partial charge on any atom is -0.309 e. The van der Waals surface area contributed by atoms with Crippen molar-refractivity contribution in [2.75, 3.05) is 19.0 Å². The Labute approximate surface area is 75.3 Å². The first-order valence-corrected chi connectivity index (χ1v) is 4.43. The zero-order valence-electron chi connectivity index (χ0n) is 6.75. The molecule has 0 saturated carbocycles. The molecule has 0 heterocycles. The van der Waals surface area contributed by atoms with Gasteiger partial charge < -0.3 is 5.32 Å². The van der Waals surface area contributed by atoms with Crippen molar-refractivity contribution in [3.05, 3.63) is 0 Å². The molecular weight excluding hydrogens is 191 g/mol. The van der Waals surface area contributed by atoms with Gasteiger partial charge in [0.05, 0.1) is 6.54 Å². The van der Waals surface area contributed by atoms with E-state index in [0.29, 0.717) is 12.4 Å². The molecule has 0 aliphatic rings. The summed E-state index contributed by atoms with van der Waals surface area (Å²) in [7, 11) is 0. The van der Waals surface area contributed by atoms with E-state index in [-0.39, 0.29) is 0 Å². The van der Waals surface area contributed by atoms with Crippen molar-refractivity contribution >= 4 is 11.6 Å². The minimum absolute atomic E-state index is 0.413. The van der Waals surface area contributed by atoms with Gasteiger partial charge in [0.1, 0.15) is 0 Å². The van der Waals surface area contributed by atoms with E-state index in [1.165, 1.54) is 0 Å². The van der Waals surface area contributed by atoms with Crippen LogP contribution in [-0.4, -0.2) is 25.1 Å². The van der Waals surface area contributed by atoms with Gasteiger partial charge in [0.2, 0.25) is 0 Å². The van der Waals surface area contributed by atoms with Crippen molar-refractivity contribution in [2.45, 2.75) is 25.4 Å². The van der Waals surface area contributed by atoms with Gasteiger partial charge in [-0.3, -0.25) is 0 Å². The van der Waals surface area contributed by atoms with E-state index >= 15 is 0 Å². The normalized spacial score (nSPS) is 12.0.